The second kappa shape index (κ2) is 8.96. The molecule has 1 N–H and O–H groups in total. The molecular weight excluding hydrogens is 430 g/mol. The molecular formula is C24H22ClN3O4. The van der Waals surface area contributed by atoms with Crippen molar-refractivity contribution in [2.45, 2.75) is 32.2 Å². The summed E-state index contributed by atoms with van der Waals surface area (Å²) in [4.78, 5) is 28.4. The van der Waals surface area contributed by atoms with Crippen molar-refractivity contribution < 1.29 is 19.4 Å². The molecule has 1 aliphatic heterocycles. The number of carboxylic acids is 1. The lowest BCUT2D eigenvalue weighted by Gasteiger charge is -2.23. The lowest BCUT2D eigenvalue weighted by Crippen LogP contribution is -2.27. The Hall–Kier alpha value is -3.45. The van der Waals surface area contributed by atoms with Crippen molar-refractivity contribution in [2.24, 2.45) is 5.10 Å². The van der Waals surface area contributed by atoms with E-state index in [-0.39, 0.29) is 23.9 Å². The first-order valence-corrected chi connectivity index (χ1v) is 10.6. The largest absolute Gasteiger partial charge is 0.497 e. The number of pyridine rings is 1. The number of hydrazone groups is 1. The molecule has 164 valence electrons. The number of carboxylic acid groups (broad SMARTS) is 1. The molecule has 7 nitrogen and oxygen atoms in total. The zero-order valence-electron chi connectivity index (χ0n) is 17.7. The zero-order chi connectivity index (χ0) is 22.8. The second-order valence-electron chi connectivity index (χ2n) is 7.70. The second-order valence-corrected chi connectivity index (χ2v) is 8.05. The summed E-state index contributed by atoms with van der Waals surface area (Å²) in [5.74, 6) is -0.721. The Labute approximate surface area is 190 Å². The van der Waals surface area contributed by atoms with E-state index in [1.165, 1.54) is 5.01 Å². The first-order chi connectivity index (χ1) is 15.4. The molecule has 0 bridgehead atoms. The van der Waals surface area contributed by atoms with Crippen molar-refractivity contribution in [1.29, 1.82) is 0 Å². The maximum atomic E-state index is 12.9. The van der Waals surface area contributed by atoms with Crippen LogP contribution in [0, 0.1) is 6.92 Å². The van der Waals surface area contributed by atoms with E-state index in [1.807, 2.05) is 55.5 Å². The lowest BCUT2D eigenvalue weighted by molar-refractivity contribution is -0.141. The van der Waals surface area contributed by atoms with Gasteiger partial charge in [-0.2, -0.15) is 5.10 Å². The highest BCUT2D eigenvalue weighted by Gasteiger charge is 2.35. The molecule has 2 aromatic carbocycles. The standard InChI is InChI=1S/C24H22ClN3O4/c1-14-4-3-5-15(10-14)20-13-21(28(27-20)22(29)8-9-23(30)31)18-12-16-11-17(32-2)6-7-19(16)26-24(18)25/h3-7,10-12,21H,8-9,13H2,1-2H3,(H,30,31)/t21-/m1/s1. The minimum Gasteiger partial charge on any atom is -0.497 e. The Morgan fingerprint density at radius 1 is 1.19 bits per heavy atom. The molecule has 4 rings (SSSR count). The van der Waals surface area contributed by atoms with E-state index in [0.29, 0.717) is 23.3 Å². The monoisotopic (exact) mass is 451 g/mol. The van der Waals surface area contributed by atoms with Crippen molar-refractivity contribution in [1.82, 2.24) is 9.99 Å². The summed E-state index contributed by atoms with van der Waals surface area (Å²) in [6, 6.07) is 14.8. The van der Waals surface area contributed by atoms with Crippen LogP contribution >= 0.6 is 11.6 Å². The molecule has 1 atom stereocenters. The Kier molecular flexibility index (Phi) is 6.10. The number of ether oxygens (including phenoxy) is 1. The van der Waals surface area contributed by atoms with Gasteiger partial charge in [-0.25, -0.2) is 9.99 Å². The highest BCUT2D eigenvalue weighted by Crippen LogP contribution is 2.38. The fourth-order valence-electron chi connectivity index (χ4n) is 3.82. The SMILES string of the molecule is COc1ccc2nc(Cl)c([C@H]3CC(c4cccc(C)c4)=NN3C(=O)CCC(=O)O)cc2c1. The number of aryl methyl sites for hydroxylation is 1. The maximum absolute atomic E-state index is 12.9. The molecule has 0 spiro atoms. The molecule has 0 saturated carbocycles. The zero-order valence-corrected chi connectivity index (χ0v) is 18.5. The molecule has 2 heterocycles. The number of methoxy groups -OCH3 is 1. The van der Waals surface area contributed by atoms with Gasteiger partial charge in [0.2, 0.25) is 5.91 Å². The summed E-state index contributed by atoms with van der Waals surface area (Å²) in [5.41, 5.74) is 4.10. The van der Waals surface area contributed by atoms with Crippen molar-refractivity contribution >= 4 is 40.1 Å². The van der Waals surface area contributed by atoms with Gasteiger partial charge in [0.1, 0.15) is 10.9 Å². The molecule has 8 heteroatoms. The number of halogens is 1. The van der Waals surface area contributed by atoms with Crippen LogP contribution in [0.5, 0.6) is 5.75 Å². The predicted octanol–water partition coefficient (Wildman–Crippen LogP) is 4.75. The third kappa shape index (κ3) is 4.43. The quantitative estimate of drug-likeness (QED) is 0.546. The number of carbonyl (C=O) groups excluding carboxylic acids is 1. The van der Waals surface area contributed by atoms with Gasteiger partial charge in [-0.3, -0.25) is 9.59 Å². The van der Waals surface area contributed by atoms with Crippen LogP contribution in [-0.2, 0) is 9.59 Å². The maximum Gasteiger partial charge on any atom is 0.303 e. The van der Waals surface area contributed by atoms with Gasteiger partial charge >= 0.3 is 5.97 Å². The molecule has 0 unspecified atom stereocenters. The number of benzene rings is 2. The van der Waals surface area contributed by atoms with Gasteiger partial charge in [0.25, 0.3) is 0 Å². The molecule has 0 radical (unpaired) electrons. The fraction of sp³-hybridized carbons (Fsp3) is 0.250. The van der Waals surface area contributed by atoms with E-state index in [2.05, 4.69) is 10.1 Å². The molecule has 1 aliphatic rings. The van der Waals surface area contributed by atoms with Crippen molar-refractivity contribution in [3.05, 3.63) is 70.4 Å². The Morgan fingerprint density at radius 2 is 2.00 bits per heavy atom. The minimum atomic E-state index is -1.03. The van der Waals surface area contributed by atoms with E-state index < -0.39 is 12.0 Å². The molecule has 32 heavy (non-hydrogen) atoms. The van der Waals surface area contributed by atoms with Crippen LogP contribution in [0.25, 0.3) is 10.9 Å². The topological polar surface area (TPSA) is 92.1 Å². The van der Waals surface area contributed by atoms with Crippen LogP contribution < -0.4 is 4.74 Å². The number of amides is 1. The summed E-state index contributed by atoms with van der Waals surface area (Å²) in [6.45, 7) is 1.99. The Morgan fingerprint density at radius 3 is 2.72 bits per heavy atom. The third-order valence-electron chi connectivity index (χ3n) is 5.43. The number of fused-ring (bicyclic) bond motifs is 1. The van der Waals surface area contributed by atoms with Gasteiger partial charge < -0.3 is 9.84 Å². The average molecular weight is 452 g/mol. The minimum absolute atomic E-state index is 0.150. The number of rotatable bonds is 6. The third-order valence-corrected chi connectivity index (χ3v) is 5.73. The average Bonchev–Trinajstić information content (AvgIpc) is 3.22. The Balaban J connectivity index is 1.75. The van der Waals surface area contributed by atoms with Crippen molar-refractivity contribution in [2.75, 3.05) is 7.11 Å². The molecule has 0 aliphatic carbocycles. The van der Waals surface area contributed by atoms with Crippen LogP contribution in [0.2, 0.25) is 5.15 Å². The highest BCUT2D eigenvalue weighted by atomic mass is 35.5. The summed E-state index contributed by atoms with van der Waals surface area (Å²) in [5, 5.41) is 16.1. The van der Waals surface area contributed by atoms with Crippen LogP contribution in [0.4, 0.5) is 0 Å². The summed E-state index contributed by atoms with van der Waals surface area (Å²) < 4.78 is 5.31. The van der Waals surface area contributed by atoms with E-state index >= 15 is 0 Å². The summed E-state index contributed by atoms with van der Waals surface area (Å²) >= 11 is 6.55. The number of aliphatic carboxylic acids is 1. The van der Waals surface area contributed by atoms with E-state index in [1.54, 1.807) is 7.11 Å². The van der Waals surface area contributed by atoms with E-state index in [9.17, 15) is 9.59 Å². The molecule has 3 aromatic rings. The van der Waals surface area contributed by atoms with Crippen molar-refractivity contribution in [3.8, 4) is 5.75 Å². The van der Waals surface area contributed by atoms with Crippen LogP contribution in [0.3, 0.4) is 0 Å². The molecule has 1 amide bonds. The summed E-state index contributed by atoms with van der Waals surface area (Å²) in [7, 11) is 1.59. The van der Waals surface area contributed by atoms with E-state index in [0.717, 1.165) is 22.2 Å². The fourth-order valence-corrected chi connectivity index (χ4v) is 4.09. The van der Waals surface area contributed by atoms with Gasteiger partial charge in [-0.05, 0) is 36.8 Å². The van der Waals surface area contributed by atoms with Crippen LogP contribution in [0.1, 0.15) is 42.0 Å². The van der Waals surface area contributed by atoms with Gasteiger partial charge in [-0.15, -0.1) is 0 Å². The van der Waals surface area contributed by atoms with Crippen LogP contribution in [-0.4, -0.2) is 39.8 Å². The van der Waals surface area contributed by atoms with Gasteiger partial charge in [0.05, 0.1) is 30.8 Å². The first kappa shape index (κ1) is 21.8. The number of hydrogen-bond acceptors (Lipinski definition) is 5. The first-order valence-electron chi connectivity index (χ1n) is 10.2. The normalized spacial score (nSPS) is 15.7. The molecule has 0 fully saturated rings. The van der Waals surface area contributed by atoms with Gasteiger partial charge in [0, 0.05) is 23.8 Å². The number of carbonyl (C=O) groups is 2. The Bertz CT molecular complexity index is 1240. The van der Waals surface area contributed by atoms with Gasteiger partial charge in [0.15, 0.2) is 0 Å². The van der Waals surface area contributed by atoms with Crippen LogP contribution in [0.15, 0.2) is 53.6 Å². The number of aromatic nitrogens is 1. The lowest BCUT2D eigenvalue weighted by atomic mass is 9.97. The predicted molar refractivity (Wildman–Crippen MR) is 122 cm³/mol. The molecule has 1 aromatic heterocycles. The smallest absolute Gasteiger partial charge is 0.303 e. The molecule has 0 saturated heterocycles. The van der Waals surface area contributed by atoms with Crippen molar-refractivity contribution in [3.63, 3.8) is 0 Å². The van der Waals surface area contributed by atoms with E-state index in [4.69, 9.17) is 21.4 Å². The highest BCUT2D eigenvalue weighted by molar-refractivity contribution is 6.30. The number of hydrogen-bond donors (Lipinski definition) is 1. The summed E-state index contributed by atoms with van der Waals surface area (Å²) in [6.07, 6.45) is 0.0281. The number of nitrogens with zero attached hydrogens (tertiary/aromatic N) is 3. The van der Waals surface area contributed by atoms with Gasteiger partial charge in [-0.1, -0.05) is 41.4 Å².